The lowest BCUT2D eigenvalue weighted by atomic mass is 9.84. The van der Waals surface area contributed by atoms with Crippen molar-refractivity contribution in [1.82, 2.24) is 4.57 Å². The highest BCUT2D eigenvalue weighted by atomic mass is 15.1. The molecule has 0 amide bonds. The maximum Gasteiger partial charge on any atom is 0.0541 e. The minimum atomic E-state index is 1.09. The zero-order chi connectivity index (χ0) is 42.4. The Kier molecular flexibility index (Phi) is 9.20. The molecule has 0 aliphatic rings. The topological polar surface area (TPSA) is 8.17 Å². The van der Waals surface area contributed by atoms with Gasteiger partial charge in [0.05, 0.1) is 11.0 Å². The second kappa shape index (κ2) is 15.8. The van der Waals surface area contributed by atoms with Crippen LogP contribution < -0.4 is 4.90 Å². The van der Waals surface area contributed by atoms with E-state index in [0.717, 1.165) is 22.7 Å². The van der Waals surface area contributed by atoms with Crippen molar-refractivity contribution in [3.05, 3.63) is 255 Å². The molecule has 300 valence electrons. The Morgan fingerprint density at radius 3 is 1.41 bits per heavy atom. The first-order valence-corrected chi connectivity index (χ1v) is 22.0. The maximum atomic E-state index is 2.40. The van der Waals surface area contributed by atoms with Gasteiger partial charge in [-0.25, -0.2) is 0 Å². The minimum Gasteiger partial charge on any atom is -0.310 e. The van der Waals surface area contributed by atoms with Crippen molar-refractivity contribution in [2.75, 3.05) is 4.90 Å². The Balaban J connectivity index is 0.959. The summed E-state index contributed by atoms with van der Waals surface area (Å²) in [5, 5.41) is 7.52. The molecule has 0 unspecified atom stereocenters. The fourth-order valence-corrected chi connectivity index (χ4v) is 9.84. The van der Waals surface area contributed by atoms with Gasteiger partial charge in [0, 0.05) is 33.5 Å². The summed E-state index contributed by atoms with van der Waals surface area (Å²) in [4.78, 5) is 2.36. The fraction of sp³-hybridized carbons (Fsp3) is 0. The standard InChI is InChI=1S/C62H42N2/c1-5-18-44(19-6-1)61-56-30-14-13-28-53(56)54-38-34-47(42-58(54)62(61)45-20-7-2-8-21-45)43-32-36-51(37-33-43)63(49-23-9-3-10-24-49)52-27-17-22-46(40-52)48-35-39-60-57(41-48)55-29-15-16-31-59(55)64(60)50-25-11-4-12-26-50/h1-42H. The van der Waals surface area contributed by atoms with Crippen LogP contribution in [0, 0.1) is 0 Å². The van der Waals surface area contributed by atoms with Gasteiger partial charge < -0.3 is 9.47 Å². The Hall–Kier alpha value is -8.46. The zero-order valence-corrected chi connectivity index (χ0v) is 35.1. The molecule has 0 bridgehead atoms. The first-order chi connectivity index (χ1) is 31.8. The van der Waals surface area contributed by atoms with Gasteiger partial charge in [0.25, 0.3) is 0 Å². The van der Waals surface area contributed by atoms with Crippen molar-refractivity contribution in [1.29, 1.82) is 0 Å². The summed E-state index contributed by atoms with van der Waals surface area (Å²) < 4.78 is 2.37. The van der Waals surface area contributed by atoms with Crippen LogP contribution in [0.2, 0.25) is 0 Å². The summed E-state index contributed by atoms with van der Waals surface area (Å²) >= 11 is 0. The smallest absolute Gasteiger partial charge is 0.0541 e. The normalized spacial score (nSPS) is 11.4. The SMILES string of the molecule is c1ccc(-c2c(-c3ccccc3)c3cc(-c4ccc(N(c5ccccc5)c5cccc(-c6ccc7c(c6)c6ccccc6n7-c6ccccc6)c5)cc4)ccc3c3ccccc23)cc1. The van der Waals surface area contributed by atoms with E-state index in [2.05, 4.69) is 264 Å². The zero-order valence-electron chi connectivity index (χ0n) is 35.1. The predicted octanol–water partition coefficient (Wildman–Crippen LogP) is 17.2. The molecule has 0 N–H and O–H groups in total. The van der Waals surface area contributed by atoms with Gasteiger partial charge >= 0.3 is 0 Å². The van der Waals surface area contributed by atoms with Crippen molar-refractivity contribution < 1.29 is 0 Å². The van der Waals surface area contributed by atoms with Crippen molar-refractivity contribution >= 4 is 60.4 Å². The molecule has 0 atom stereocenters. The van der Waals surface area contributed by atoms with E-state index in [1.165, 1.54) is 87.9 Å². The minimum absolute atomic E-state index is 1.09. The molecule has 2 nitrogen and oxygen atoms in total. The van der Waals surface area contributed by atoms with Crippen molar-refractivity contribution in [2.45, 2.75) is 0 Å². The average Bonchev–Trinajstić information content (AvgIpc) is 3.71. The Bertz CT molecular complexity index is 3630. The number of hydrogen-bond donors (Lipinski definition) is 0. The quantitative estimate of drug-likeness (QED) is 0.139. The molecule has 0 saturated heterocycles. The number of nitrogens with zero attached hydrogens (tertiary/aromatic N) is 2. The summed E-state index contributed by atoms with van der Waals surface area (Å²) in [6, 6.07) is 92.6. The third-order valence-electron chi connectivity index (χ3n) is 12.7. The largest absolute Gasteiger partial charge is 0.310 e. The van der Waals surface area contributed by atoms with Crippen LogP contribution in [-0.2, 0) is 0 Å². The lowest BCUT2D eigenvalue weighted by Crippen LogP contribution is -2.09. The predicted molar refractivity (Wildman–Crippen MR) is 272 cm³/mol. The van der Waals surface area contributed by atoms with Crippen LogP contribution in [0.3, 0.4) is 0 Å². The molecule has 12 aromatic rings. The number of aromatic nitrogens is 1. The molecular formula is C62H42N2. The summed E-state index contributed by atoms with van der Waals surface area (Å²) in [6.45, 7) is 0. The van der Waals surface area contributed by atoms with E-state index in [1.807, 2.05) is 0 Å². The van der Waals surface area contributed by atoms with E-state index < -0.39 is 0 Å². The van der Waals surface area contributed by atoms with Crippen molar-refractivity contribution in [3.63, 3.8) is 0 Å². The number of anilines is 3. The van der Waals surface area contributed by atoms with E-state index in [1.54, 1.807) is 0 Å². The monoisotopic (exact) mass is 814 g/mol. The molecular weight excluding hydrogens is 773 g/mol. The number of hydrogen-bond acceptors (Lipinski definition) is 1. The van der Waals surface area contributed by atoms with Gasteiger partial charge in [-0.2, -0.15) is 0 Å². The van der Waals surface area contributed by atoms with Crippen LogP contribution in [0.4, 0.5) is 17.1 Å². The third kappa shape index (κ3) is 6.44. The van der Waals surface area contributed by atoms with E-state index in [0.29, 0.717) is 0 Å². The van der Waals surface area contributed by atoms with Gasteiger partial charge in [-0.15, -0.1) is 0 Å². The highest BCUT2D eigenvalue weighted by Crippen LogP contribution is 2.46. The number of benzene rings is 11. The number of fused-ring (bicyclic) bond motifs is 6. The molecule has 0 saturated carbocycles. The highest BCUT2D eigenvalue weighted by Gasteiger charge is 2.20. The van der Waals surface area contributed by atoms with Crippen LogP contribution in [-0.4, -0.2) is 4.57 Å². The van der Waals surface area contributed by atoms with Gasteiger partial charge in [0.15, 0.2) is 0 Å². The number of rotatable bonds is 8. The van der Waals surface area contributed by atoms with E-state index in [-0.39, 0.29) is 0 Å². The first-order valence-electron chi connectivity index (χ1n) is 22.0. The van der Waals surface area contributed by atoms with Gasteiger partial charge in [0.2, 0.25) is 0 Å². The molecule has 0 fully saturated rings. The lowest BCUT2D eigenvalue weighted by molar-refractivity contribution is 1.18. The third-order valence-corrected chi connectivity index (χ3v) is 12.7. The van der Waals surface area contributed by atoms with Gasteiger partial charge in [0.1, 0.15) is 0 Å². The second-order valence-corrected chi connectivity index (χ2v) is 16.5. The van der Waals surface area contributed by atoms with Gasteiger partial charge in [-0.1, -0.05) is 182 Å². The lowest BCUT2D eigenvalue weighted by Gasteiger charge is -2.26. The molecule has 12 rings (SSSR count). The van der Waals surface area contributed by atoms with Gasteiger partial charge in [-0.05, 0) is 139 Å². The molecule has 0 aliphatic carbocycles. The Morgan fingerprint density at radius 1 is 0.234 bits per heavy atom. The number of para-hydroxylation sites is 3. The Labute approximate surface area is 373 Å². The van der Waals surface area contributed by atoms with Crippen molar-refractivity contribution in [2.24, 2.45) is 0 Å². The Morgan fingerprint density at radius 2 is 0.688 bits per heavy atom. The van der Waals surface area contributed by atoms with Crippen LogP contribution >= 0.6 is 0 Å². The van der Waals surface area contributed by atoms with Crippen LogP contribution in [0.1, 0.15) is 0 Å². The maximum absolute atomic E-state index is 2.40. The van der Waals surface area contributed by atoms with Crippen LogP contribution in [0.15, 0.2) is 255 Å². The average molecular weight is 815 g/mol. The molecule has 0 spiro atoms. The molecule has 0 aliphatic heterocycles. The van der Waals surface area contributed by atoms with Crippen molar-refractivity contribution in [3.8, 4) is 50.2 Å². The first kappa shape index (κ1) is 37.3. The summed E-state index contributed by atoms with van der Waals surface area (Å²) in [6.07, 6.45) is 0. The summed E-state index contributed by atoms with van der Waals surface area (Å²) in [7, 11) is 0. The second-order valence-electron chi connectivity index (χ2n) is 16.5. The molecule has 1 heterocycles. The molecule has 64 heavy (non-hydrogen) atoms. The molecule has 0 radical (unpaired) electrons. The molecule has 11 aromatic carbocycles. The highest BCUT2D eigenvalue weighted by molar-refractivity contribution is 6.22. The molecule has 2 heteroatoms. The summed E-state index contributed by atoms with van der Waals surface area (Å²) in [5.74, 6) is 0. The van der Waals surface area contributed by atoms with E-state index >= 15 is 0 Å². The van der Waals surface area contributed by atoms with E-state index in [4.69, 9.17) is 0 Å². The van der Waals surface area contributed by atoms with Crippen LogP contribution in [0.25, 0.3) is 93.5 Å². The van der Waals surface area contributed by atoms with E-state index in [9.17, 15) is 0 Å². The summed E-state index contributed by atoms with van der Waals surface area (Å²) in [5.41, 5.74) is 16.5. The van der Waals surface area contributed by atoms with Gasteiger partial charge in [-0.3, -0.25) is 0 Å². The van der Waals surface area contributed by atoms with Crippen LogP contribution in [0.5, 0.6) is 0 Å². The molecule has 1 aromatic heterocycles. The fourth-order valence-electron chi connectivity index (χ4n) is 9.84.